The van der Waals surface area contributed by atoms with Crippen LogP contribution < -0.4 is 4.74 Å². The van der Waals surface area contributed by atoms with Crippen molar-refractivity contribution in [2.45, 2.75) is 6.92 Å². The van der Waals surface area contributed by atoms with Crippen LogP contribution >= 0.6 is 39.1 Å². The molecule has 0 N–H and O–H groups in total. The lowest BCUT2D eigenvalue weighted by molar-refractivity contribution is 0.101. The van der Waals surface area contributed by atoms with Crippen LogP contribution in [0.15, 0.2) is 40.9 Å². The van der Waals surface area contributed by atoms with Crippen molar-refractivity contribution in [1.82, 2.24) is 0 Å². The predicted molar refractivity (Wildman–Crippen MR) is 80.7 cm³/mol. The molecule has 0 heterocycles. The number of halogens is 3. The average molecular weight is 360 g/mol. The van der Waals surface area contributed by atoms with Crippen molar-refractivity contribution in [2.24, 2.45) is 0 Å². The molecular weight excluding hydrogens is 351 g/mol. The standard InChI is InChI=1S/C14H9BrCl2O2/c1-8(18)9-2-4-14(12(17)6-9)19-13-5-3-10(16)7-11(13)15/h2-7H,1H3. The van der Waals surface area contributed by atoms with Gasteiger partial charge in [-0.25, -0.2) is 0 Å². The molecule has 0 atom stereocenters. The highest BCUT2D eigenvalue weighted by molar-refractivity contribution is 9.10. The van der Waals surface area contributed by atoms with Crippen molar-refractivity contribution < 1.29 is 9.53 Å². The fourth-order valence-corrected chi connectivity index (χ4v) is 2.46. The molecule has 2 aromatic carbocycles. The van der Waals surface area contributed by atoms with Gasteiger partial charge in [0.25, 0.3) is 0 Å². The Bertz CT molecular complexity index is 641. The molecule has 2 rings (SSSR count). The number of carbonyl (C=O) groups is 1. The summed E-state index contributed by atoms with van der Waals surface area (Å²) in [6.07, 6.45) is 0. The van der Waals surface area contributed by atoms with Crippen LogP contribution in [0.5, 0.6) is 11.5 Å². The summed E-state index contributed by atoms with van der Waals surface area (Å²) in [6.45, 7) is 1.49. The third kappa shape index (κ3) is 3.50. The summed E-state index contributed by atoms with van der Waals surface area (Å²) in [5, 5.41) is 0.992. The summed E-state index contributed by atoms with van der Waals surface area (Å²) in [5.74, 6) is 1.04. The topological polar surface area (TPSA) is 26.3 Å². The van der Waals surface area contributed by atoms with E-state index in [1.807, 2.05) is 0 Å². The van der Waals surface area contributed by atoms with Crippen LogP contribution in [0.3, 0.4) is 0 Å². The Balaban J connectivity index is 2.31. The highest BCUT2D eigenvalue weighted by atomic mass is 79.9. The van der Waals surface area contributed by atoms with Gasteiger partial charge in [0, 0.05) is 10.6 Å². The van der Waals surface area contributed by atoms with Crippen LogP contribution in [0, 0.1) is 0 Å². The number of rotatable bonds is 3. The van der Waals surface area contributed by atoms with Crippen LogP contribution in [-0.2, 0) is 0 Å². The molecule has 0 aliphatic rings. The molecule has 2 aromatic rings. The van der Waals surface area contributed by atoms with Crippen molar-refractivity contribution in [1.29, 1.82) is 0 Å². The SMILES string of the molecule is CC(=O)c1ccc(Oc2ccc(Cl)cc2Br)c(Cl)c1. The number of carbonyl (C=O) groups excluding carboxylic acids is 1. The van der Waals surface area contributed by atoms with Crippen LogP contribution in [0.4, 0.5) is 0 Å². The monoisotopic (exact) mass is 358 g/mol. The Hall–Kier alpha value is -1.03. The number of Topliss-reactive ketones (excluding diaryl/α,β-unsaturated/α-hetero) is 1. The molecule has 98 valence electrons. The van der Waals surface area contributed by atoms with E-state index in [2.05, 4.69) is 15.9 Å². The summed E-state index contributed by atoms with van der Waals surface area (Å²) < 4.78 is 6.41. The minimum absolute atomic E-state index is 0.0406. The van der Waals surface area contributed by atoms with Crippen molar-refractivity contribution in [3.8, 4) is 11.5 Å². The van der Waals surface area contributed by atoms with Gasteiger partial charge in [-0.1, -0.05) is 23.2 Å². The Morgan fingerprint density at radius 2 is 1.79 bits per heavy atom. The van der Waals surface area contributed by atoms with E-state index in [9.17, 15) is 4.79 Å². The second-order valence-corrected chi connectivity index (χ2v) is 5.58. The third-order valence-corrected chi connectivity index (χ3v) is 3.60. The molecule has 19 heavy (non-hydrogen) atoms. The summed E-state index contributed by atoms with van der Waals surface area (Å²) in [4.78, 5) is 11.2. The van der Waals surface area contributed by atoms with Gasteiger partial charge >= 0.3 is 0 Å². The van der Waals surface area contributed by atoms with E-state index in [1.54, 1.807) is 36.4 Å². The maximum Gasteiger partial charge on any atom is 0.159 e. The smallest absolute Gasteiger partial charge is 0.159 e. The van der Waals surface area contributed by atoms with Crippen LogP contribution in [0.1, 0.15) is 17.3 Å². The molecule has 0 amide bonds. The zero-order chi connectivity index (χ0) is 14.0. The molecule has 0 aliphatic carbocycles. The van der Waals surface area contributed by atoms with Crippen molar-refractivity contribution in [3.63, 3.8) is 0 Å². The second kappa shape index (κ2) is 5.95. The van der Waals surface area contributed by atoms with E-state index in [4.69, 9.17) is 27.9 Å². The molecular formula is C14H9BrCl2O2. The van der Waals surface area contributed by atoms with Gasteiger partial charge in [0.15, 0.2) is 5.78 Å². The fourth-order valence-electron chi connectivity index (χ4n) is 1.48. The highest BCUT2D eigenvalue weighted by Crippen LogP contribution is 2.35. The Labute approximate surface area is 129 Å². The highest BCUT2D eigenvalue weighted by Gasteiger charge is 2.09. The number of hydrogen-bond acceptors (Lipinski definition) is 2. The quantitative estimate of drug-likeness (QED) is 0.652. The molecule has 0 aliphatic heterocycles. The van der Waals surface area contributed by atoms with E-state index in [0.717, 1.165) is 4.47 Å². The number of ether oxygens (including phenoxy) is 1. The lowest BCUT2D eigenvalue weighted by atomic mass is 10.1. The van der Waals surface area contributed by atoms with Crippen LogP contribution in [-0.4, -0.2) is 5.78 Å². The average Bonchev–Trinajstić information content (AvgIpc) is 2.34. The van der Waals surface area contributed by atoms with Gasteiger partial charge in [0.1, 0.15) is 11.5 Å². The van der Waals surface area contributed by atoms with E-state index in [-0.39, 0.29) is 5.78 Å². The first-order valence-corrected chi connectivity index (χ1v) is 6.95. The normalized spacial score (nSPS) is 10.3. The zero-order valence-corrected chi connectivity index (χ0v) is 13.0. The van der Waals surface area contributed by atoms with Gasteiger partial charge in [0.2, 0.25) is 0 Å². The maximum atomic E-state index is 11.2. The summed E-state index contributed by atoms with van der Waals surface area (Å²) in [7, 11) is 0. The first-order chi connectivity index (χ1) is 8.97. The maximum absolute atomic E-state index is 11.2. The first kappa shape index (κ1) is 14.4. The van der Waals surface area contributed by atoms with Gasteiger partial charge < -0.3 is 4.74 Å². The molecule has 0 unspecified atom stereocenters. The Morgan fingerprint density at radius 1 is 1.11 bits per heavy atom. The minimum atomic E-state index is -0.0406. The lowest BCUT2D eigenvalue weighted by Crippen LogP contribution is -1.93. The summed E-state index contributed by atoms with van der Waals surface area (Å²) in [6, 6.07) is 10.1. The lowest BCUT2D eigenvalue weighted by Gasteiger charge is -2.10. The Kier molecular flexibility index (Phi) is 4.50. The molecule has 0 saturated heterocycles. The number of hydrogen-bond donors (Lipinski definition) is 0. The summed E-state index contributed by atoms with van der Waals surface area (Å²) >= 11 is 15.3. The second-order valence-electron chi connectivity index (χ2n) is 3.88. The number of benzene rings is 2. The van der Waals surface area contributed by atoms with E-state index in [0.29, 0.717) is 27.1 Å². The molecule has 0 aromatic heterocycles. The molecule has 0 saturated carbocycles. The largest absolute Gasteiger partial charge is 0.455 e. The van der Waals surface area contributed by atoms with E-state index >= 15 is 0 Å². The Morgan fingerprint density at radius 3 is 2.37 bits per heavy atom. The minimum Gasteiger partial charge on any atom is -0.455 e. The van der Waals surface area contributed by atoms with Gasteiger partial charge in [-0.2, -0.15) is 0 Å². The molecule has 0 fully saturated rings. The molecule has 2 nitrogen and oxygen atoms in total. The third-order valence-electron chi connectivity index (χ3n) is 2.45. The van der Waals surface area contributed by atoms with Gasteiger partial charge in [0.05, 0.1) is 9.50 Å². The molecule has 0 radical (unpaired) electrons. The zero-order valence-electron chi connectivity index (χ0n) is 9.91. The fraction of sp³-hybridized carbons (Fsp3) is 0.0714. The molecule has 5 heteroatoms. The van der Waals surface area contributed by atoms with E-state index in [1.165, 1.54) is 6.92 Å². The first-order valence-electron chi connectivity index (χ1n) is 5.41. The molecule has 0 bridgehead atoms. The summed E-state index contributed by atoms with van der Waals surface area (Å²) in [5.41, 5.74) is 0.549. The van der Waals surface area contributed by atoms with Gasteiger partial charge in [-0.05, 0) is 59.3 Å². The van der Waals surface area contributed by atoms with Crippen LogP contribution in [0.25, 0.3) is 0 Å². The number of ketones is 1. The van der Waals surface area contributed by atoms with Gasteiger partial charge in [-0.15, -0.1) is 0 Å². The van der Waals surface area contributed by atoms with Crippen molar-refractivity contribution >= 4 is 44.9 Å². The van der Waals surface area contributed by atoms with Gasteiger partial charge in [-0.3, -0.25) is 4.79 Å². The van der Waals surface area contributed by atoms with Crippen molar-refractivity contribution in [2.75, 3.05) is 0 Å². The predicted octanol–water partition coefficient (Wildman–Crippen LogP) is 5.75. The molecule has 0 spiro atoms. The van der Waals surface area contributed by atoms with Crippen molar-refractivity contribution in [3.05, 3.63) is 56.5 Å². The van der Waals surface area contributed by atoms with E-state index < -0.39 is 0 Å². The van der Waals surface area contributed by atoms with Crippen LogP contribution in [0.2, 0.25) is 10.0 Å².